The molecule has 1 heterocycles. The van der Waals surface area contributed by atoms with Crippen molar-refractivity contribution in [2.75, 3.05) is 20.2 Å². The summed E-state index contributed by atoms with van der Waals surface area (Å²) < 4.78 is 5.29. The highest BCUT2D eigenvalue weighted by atomic mass is 35.5. The number of amides is 1. The lowest BCUT2D eigenvalue weighted by Crippen LogP contribution is -2.38. The van der Waals surface area contributed by atoms with Gasteiger partial charge < -0.3 is 14.5 Å². The van der Waals surface area contributed by atoms with Crippen LogP contribution in [0.25, 0.3) is 0 Å². The summed E-state index contributed by atoms with van der Waals surface area (Å²) in [7, 11) is 1.48. The maximum absolute atomic E-state index is 12.0. The second kappa shape index (κ2) is 6.96. The van der Waals surface area contributed by atoms with Crippen molar-refractivity contribution in [2.45, 2.75) is 6.42 Å². The van der Waals surface area contributed by atoms with E-state index in [1.54, 1.807) is 35.4 Å². The van der Waals surface area contributed by atoms with Gasteiger partial charge in [-0.2, -0.15) is 0 Å². The van der Waals surface area contributed by atoms with E-state index in [4.69, 9.17) is 16.3 Å². The van der Waals surface area contributed by atoms with Crippen molar-refractivity contribution in [1.82, 2.24) is 4.90 Å². The molecule has 5 nitrogen and oxygen atoms in total. The zero-order valence-electron chi connectivity index (χ0n) is 11.1. The molecule has 0 aromatic heterocycles. The number of nitrogens with zero attached hydrogens (tertiary/aromatic N) is 2. The molecule has 106 valence electrons. The van der Waals surface area contributed by atoms with E-state index in [2.05, 4.69) is 9.99 Å². The van der Waals surface area contributed by atoms with Gasteiger partial charge in [-0.05, 0) is 36.3 Å². The smallest absolute Gasteiger partial charge is 0.410 e. The van der Waals surface area contributed by atoms with E-state index < -0.39 is 0 Å². The van der Waals surface area contributed by atoms with Gasteiger partial charge in [0, 0.05) is 11.6 Å². The first kappa shape index (κ1) is 14.4. The van der Waals surface area contributed by atoms with Gasteiger partial charge in [0.05, 0.1) is 12.8 Å². The lowest BCUT2D eigenvalue weighted by atomic mass is 10.1. The number of hydrogen-bond donors (Lipinski definition) is 0. The van der Waals surface area contributed by atoms with Gasteiger partial charge >= 0.3 is 6.09 Å². The Labute approximate surface area is 122 Å². The van der Waals surface area contributed by atoms with Gasteiger partial charge in [-0.1, -0.05) is 22.8 Å². The second-order valence-corrected chi connectivity index (χ2v) is 4.66. The minimum Gasteiger partial charge on any atom is -0.410 e. The summed E-state index contributed by atoms with van der Waals surface area (Å²) in [5.41, 5.74) is 0.922. The Hall–Kier alpha value is -2.01. The van der Waals surface area contributed by atoms with Gasteiger partial charge in [-0.3, -0.25) is 0 Å². The summed E-state index contributed by atoms with van der Waals surface area (Å²) in [5.74, 6) is 0.473. The Morgan fingerprint density at radius 1 is 1.40 bits per heavy atom. The normalized spacial score (nSPS) is 15.1. The van der Waals surface area contributed by atoms with E-state index in [0.29, 0.717) is 23.9 Å². The highest BCUT2D eigenvalue weighted by molar-refractivity contribution is 6.30. The van der Waals surface area contributed by atoms with Crippen molar-refractivity contribution < 1.29 is 14.4 Å². The van der Waals surface area contributed by atoms with Crippen molar-refractivity contribution in [1.29, 1.82) is 0 Å². The quantitative estimate of drug-likeness (QED) is 0.636. The molecule has 0 atom stereocenters. The standard InChI is InChI=1S/C14H15ClN2O3/c1-19-16-9-11-3-2-8-17(10-11)14(18)20-13-6-4-12(15)5-7-13/h3-7,9H,2,8,10H2,1H3. The Morgan fingerprint density at radius 2 is 2.15 bits per heavy atom. The van der Waals surface area contributed by atoms with Crippen LogP contribution in [-0.2, 0) is 4.84 Å². The summed E-state index contributed by atoms with van der Waals surface area (Å²) in [4.78, 5) is 18.3. The molecule has 1 aromatic carbocycles. The molecule has 0 saturated carbocycles. The Kier molecular flexibility index (Phi) is 5.01. The number of carbonyl (C=O) groups is 1. The Morgan fingerprint density at radius 3 is 2.85 bits per heavy atom. The fourth-order valence-electron chi connectivity index (χ4n) is 1.81. The SMILES string of the molecule is CON=CC1=CCCN(C(=O)Oc2ccc(Cl)cc2)C1. The molecule has 0 aliphatic carbocycles. The summed E-state index contributed by atoms with van der Waals surface area (Å²) in [6.45, 7) is 1.08. The maximum Gasteiger partial charge on any atom is 0.415 e. The molecule has 6 heteroatoms. The van der Waals surface area contributed by atoms with Crippen LogP contribution in [0.3, 0.4) is 0 Å². The highest BCUT2D eigenvalue weighted by Crippen LogP contribution is 2.17. The third kappa shape index (κ3) is 3.99. The van der Waals surface area contributed by atoms with Gasteiger partial charge in [0.1, 0.15) is 12.9 Å². The van der Waals surface area contributed by atoms with Gasteiger partial charge in [0.25, 0.3) is 0 Å². The minimum atomic E-state index is -0.385. The number of hydrogen-bond acceptors (Lipinski definition) is 4. The summed E-state index contributed by atoms with van der Waals surface area (Å²) in [5, 5.41) is 4.30. The largest absolute Gasteiger partial charge is 0.415 e. The second-order valence-electron chi connectivity index (χ2n) is 4.23. The number of carbonyl (C=O) groups excluding carboxylic acids is 1. The van der Waals surface area contributed by atoms with E-state index >= 15 is 0 Å². The van der Waals surface area contributed by atoms with E-state index in [1.165, 1.54) is 7.11 Å². The molecule has 0 unspecified atom stereocenters. The van der Waals surface area contributed by atoms with Crippen LogP contribution in [0, 0.1) is 0 Å². The molecule has 0 saturated heterocycles. The molecule has 1 amide bonds. The molecule has 1 aliphatic heterocycles. The number of ether oxygens (including phenoxy) is 1. The van der Waals surface area contributed by atoms with Crippen LogP contribution in [0.4, 0.5) is 4.79 Å². The van der Waals surface area contributed by atoms with E-state index in [0.717, 1.165) is 12.0 Å². The van der Waals surface area contributed by atoms with Gasteiger partial charge in [-0.25, -0.2) is 4.79 Å². The fraction of sp³-hybridized carbons (Fsp3) is 0.286. The predicted molar refractivity (Wildman–Crippen MR) is 77.3 cm³/mol. The molecule has 0 fully saturated rings. The van der Waals surface area contributed by atoms with Crippen LogP contribution in [0.5, 0.6) is 5.75 Å². The average Bonchev–Trinajstić information content (AvgIpc) is 2.48. The first-order valence-electron chi connectivity index (χ1n) is 6.17. The molecule has 0 spiro atoms. The molecule has 20 heavy (non-hydrogen) atoms. The molecule has 2 rings (SSSR count). The summed E-state index contributed by atoms with van der Waals surface area (Å²) in [6, 6.07) is 6.68. The first-order valence-corrected chi connectivity index (χ1v) is 6.54. The maximum atomic E-state index is 12.0. The van der Waals surface area contributed by atoms with Crippen LogP contribution in [0.15, 0.2) is 41.1 Å². The Balaban J connectivity index is 1.94. The molecule has 1 aromatic rings. The zero-order chi connectivity index (χ0) is 14.4. The summed E-state index contributed by atoms with van der Waals surface area (Å²) in [6.07, 6.45) is 4.00. The number of benzene rings is 1. The van der Waals surface area contributed by atoms with Gasteiger partial charge in [-0.15, -0.1) is 0 Å². The van der Waals surface area contributed by atoms with Crippen LogP contribution in [-0.4, -0.2) is 37.4 Å². The monoisotopic (exact) mass is 294 g/mol. The lowest BCUT2D eigenvalue weighted by molar-refractivity contribution is 0.156. The highest BCUT2D eigenvalue weighted by Gasteiger charge is 2.19. The third-order valence-electron chi connectivity index (χ3n) is 2.78. The van der Waals surface area contributed by atoms with Gasteiger partial charge in [0.2, 0.25) is 0 Å². The Bertz CT molecular complexity index is 526. The third-order valence-corrected chi connectivity index (χ3v) is 3.03. The van der Waals surface area contributed by atoms with Crippen molar-refractivity contribution >= 4 is 23.9 Å². The van der Waals surface area contributed by atoms with Crippen molar-refractivity contribution in [2.24, 2.45) is 5.16 Å². The minimum absolute atomic E-state index is 0.385. The predicted octanol–water partition coefficient (Wildman–Crippen LogP) is 3.10. The van der Waals surface area contributed by atoms with Crippen molar-refractivity contribution in [3.8, 4) is 5.75 Å². The van der Waals surface area contributed by atoms with Crippen LogP contribution >= 0.6 is 11.6 Å². The summed E-state index contributed by atoms with van der Waals surface area (Å²) >= 11 is 5.78. The topological polar surface area (TPSA) is 51.1 Å². The number of oxime groups is 1. The van der Waals surface area contributed by atoms with Crippen LogP contribution in [0.1, 0.15) is 6.42 Å². The molecule has 1 aliphatic rings. The van der Waals surface area contributed by atoms with Gasteiger partial charge in [0.15, 0.2) is 0 Å². The molecular weight excluding hydrogens is 280 g/mol. The fourth-order valence-corrected chi connectivity index (χ4v) is 1.93. The van der Waals surface area contributed by atoms with E-state index in [-0.39, 0.29) is 6.09 Å². The molecular formula is C14H15ClN2O3. The van der Waals surface area contributed by atoms with E-state index in [9.17, 15) is 4.79 Å². The molecule has 0 N–H and O–H groups in total. The van der Waals surface area contributed by atoms with Crippen molar-refractivity contribution in [3.63, 3.8) is 0 Å². The van der Waals surface area contributed by atoms with E-state index in [1.807, 2.05) is 6.08 Å². The van der Waals surface area contributed by atoms with Crippen LogP contribution < -0.4 is 4.74 Å². The number of halogens is 1. The van der Waals surface area contributed by atoms with Crippen LogP contribution in [0.2, 0.25) is 5.02 Å². The first-order chi connectivity index (χ1) is 9.69. The van der Waals surface area contributed by atoms with Crippen molar-refractivity contribution in [3.05, 3.63) is 40.9 Å². The average molecular weight is 295 g/mol. The molecule has 0 bridgehead atoms. The molecule has 0 radical (unpaired) electrons. The lowest BCUT2D eigenvalue weighted by Gasteiger charge is -2.25. The zero-order valence-corrected chi connectivity index (χ0v) is 11.8. The number of rotatable bonds is 3.